The van der Waals surface area contributed by atoms with Crippen LogP contribution in [0.25, 0.3) is 0 Å². The van der Waals surface area contributed by atoms with Crippen molar-refractivity contribution in [3.8, 4) is 0 Å². The molecule has 5 nitrogen and oxygen atoms in total. The van der Waals surface area contributed by atoms with Crippen LogP contribution in [0, 0.1) is 5.92 Å². The third kappa shape index (κ3) is 4.79. The minimum atomic E-state index is -0.312. The van der Waals surface area contributed by atoms with Crippen molar-refractivity contribution in [2.75, 3.05) is 6.61 Å². The van der Waals surface area contributed by atoms with Crippen LogP contribution in [0.1, 0.15) is 42.5 Å². The normalized spacial score (nSPS) is 16.1. The van der Waals surface area contributed by atoms with E-state index < -0.39 is 0 Å². The monoisotopic (exact) mass is 297 g/mol. The lowest BCUT2D eigenvalue weighted by Crippen LogP contribution is -2.16. The van der Waals surface area contributed by atoms with Crippen molar-refractivity contribution in [2.24, 2.45) is 5.92 Å². The zero-order valence-corrected chi connectivity index (χ0v) is 11.9. The number of rotatable bonds is 6. The average Bonchev–Trinajstić information content (AvgIpc) is 2.52. The molecular weight excluding hydrogens is 280 g/mol. The van der Waals surface area contributed by atoms with E-state index in [9.17, 15) is 10.1 Å². The second kappa shape index (κ2) is 8.26. The van der Waals surface area contributed by atoms with Gasteiger partial charge in [0.05, 0.1) is 24.2 Å². The van der Waals surface area contributed by atoms with Gasteiger partial charge >= 0.3 is 5.97 Å². The van der Waals surface area contributed by atoms with E-state index in [2.05, 4.69) is 9.37 Å². The lowest BCUT2D eigenvalue weighted by atomic mass is 9.90. The van der Waals surface area contributed by atoms with Crippen molar-refractivity contribution in [1.82, 2.24) is 0 Å². The Hall–Kier alpha value is -1.08. The second-order valence-electron chi connectivity index (χ2n) is 4.85. The van der Waals surface area contributed by atoms with Crippen LogP contribution in [0.5, 0.6) is 0 Å². The van der Waals surface area contributed by atoms with Gasteiger partial charge in [0.2, 0.25) is 0 Å². The van der Waals surface area contributed by atoms with Gasteiger partial charge in [-0.3, -0.25) is 5.04 Å². The van der Waals surface area contributed by atoms with Gasteiger partial charge in [-0.1, -0.05) is 19.3 Å². The molecule has 1 aromatic rings. The SMILES string of the molecule is O=C(OCC1CCCCC1)c1ccc(SOO[O-])cc1. The number of ether oxygens (including phenoxy) is 1. The van der Waals surface area contributed by atoms with E-state index in [0.29, 0.717) is 23.0 Å². The van der Waals surface area contributed by atoms with Crippen LogP contribution in [0.4, 0.5) is 0 Å². The lowest BCUT2D eigenvalue weighted by molar-refractivity contribution is -0.777. The van der Waals surface area contributed by atoms with Crippen molar-refractivity contribution >= 4 is 18.0 Å². The summed E-state index contributed by atoms with van der Waals surface area (Å²) in [5, 5.41) is 12.9. The van der Waals surface area contributed by atoms with Crippen LogP contribution in [0.2, 0.25) is 0 Å². The van der Waals surface area contributed by atoms with Crippen molar-refractivity contribution in [2.45, 2.75) is 37.0 Å². The molecule has 1 saturated carbocycles. The second-order valence-corrected chi connectivity index (χ2v) is 5.62. The fourth-order valence-corrected chi connectivity index (χ4v) is 2.68. The molecule has 0 heterocycles. The molecule has 20 heavy (non-hydrogen) atoms. The summed E-state index contributed by atoms with van der Waals surface area (Å²) >= 11 is 0.790. The largest absolute Gasteiger partial charge is 0.691 e. The van der Waals surface area contributed by atoms with Gasteiger partial charge in [-0.2, -0.15) is 4.33 Å². The summed E-state index contributed by atoms with van der Waals surface area (Å²) in [5.74, 6) is 0.193. The predicted octanol–water partition coefficient (Wildman–Crippen LogP) is 2.65. The zero-order chi connectivity index (χ0) is 14.2. The Bertz CT molecular complexity index is 414. The third-order valence-corrected chi connectivity index (χ3v) is 4.01. The van der Waals surface area contributed by atoms with Crippen molar-refractivity contribution in [1.29, 1.82) is 0 Å². The molecule has 2 rings (SSSR count). The summed E-state index contributed by atoms with van der Waals surface area (Å²) in [7, 11) is 0. The number of hydrogen-bond donors (Lipinski definition) is 0. The predicted molar refractivity (Wildman–Crippen MR) is 71.3 cm³/mol. The van der Waals surface area contributed by atoms with E-state index >= 15 is 0 Å². The molecular formula is C14H17O5S-. The van der Waals surface area contributed by atoms with Crippen molar-refractivity contribution < 1.29 is 24.2 Å². The first kappa shape index (κ1) is 15.3. The average molecular weight is 297 g/mol. The fourth-order valence-electron chi connectivity index (χ4n) is 2.33. The Morgan fingerprint density at radius 1 is 1.20 bits per heavy atom. The summed E-state index contributed by atoms with van der Waals surface area (Å²) < 4.78 is 9.53. The van der Waals surface area contributed by atoms with Crippen LogP contribution in [-0.2, 0) is 14.1 Å². The van der Waals surface area contributed by atoms with Crippen LogP contribution in [0.15, 0.2) is 29.2 Å². The molecule has 0 atom stereocenters. The van der Waals surface area contributed by atoms with Gasteiger partial charge in [-0.05, 0) is 43.0 Å². The molecule has 1 fully saturated rings. The van der Waals surface area contributed by atoms with E-state index in [1.165, 1.54) is 19.3 Å². The van der Waals surface area contributed by atoms with Crippen LogP contribution >= 0.6 is 12.0 Å². The first-order valence-electron chi connectivity index (χ1n) is 6.70. The maximum atomic E-state index is 11.9. The molecule has 0 unspecified atom stereocenters. The molecule has 0 amide bonds. The van der Waals surface area contributed by atoms with E-state index in [4.69, 9.17) is 4.74 Å². The summed E-state index contributed by atoms with van der Waals surface area (Å²) in [6.07, 6.45) is 6.05. The van der Waals surface area contributed by atoms with E-state index in [1.54, 1.807) is 24.3 Å². The van der Waals surface area contributed by atoms with Crippen LogP contribution < -0.4 is 5.26 Å². The van der Waals surface area contributed by atoms with E-state index in [0.717, 1.165) is 24.9 Å². The third-order valence-electron chi connectivity index (χ3n) is 3.42. The Labute approximate surface area is 122 Å². The highest BCUT2D eigenvalue weighted by Crippen LogP contribution is 2.24. The summed E-state index contributed by atoms with van der Waals surface area (Å²) in [6, 6.07) is 6.61. The fraction of sp³-hybridized carbons (Fsp3) is 0.500. The molecule has 0 spiro atoms. The van der Waals surface area contributed by atoms with Gasteiger partial charge in [-0.25, -0.2) is 4.79 Å². The maximum Gasteiger partial charge on any atom is 0.338 e. The highest BCUT2D eigenvalue weighted by molar-refractivity contribution is 7.94. The molecule has 1 aliphatic rings. The molecule has 0 saturated heterocycles. The Morgan fingerprint density at radius 3 is 2.55 bits per heavy atom. The van der Waals surface area contributed by atoms with Gasteiger partial charge in [0.15, 0.2) is 0 Å². The first-order valence-corrected chi connectivity index (χ1v) is 7.44. The summed E-state index contributed by atoms with van der Waals surface area (Å²) in [6.45, 7) is 0.502. The molecule has 0 aliphatic heterocycles. The van der Waals surface area contributed by atoms with Crippen LogP contribution in [0.3, 0.4) is 0 Å². The highest BCUT2D eigenvalue weighted by atomic mass is 32.2. The van der Waals surface area contributed by atoms with Crippen LogP contribution in [-0.4, -0.2) is 12.6 Å². The molecule has 0 N–H and O–H groups in total. The number of carbonyl (C=O) groups excluding carboxylic acids is 1. The van der Waals surface area contributed by atoms with Gasteiger partial charge in [0.1, 0.15) is 0 Å². The Morgan fingerprint density at radius 2 is 1.90 bits per heavy atom. The highest BCUT2D eigenvalue weighted by Gasteiger charge is 2.16. The van der Waals surface area contributed by atoms with Gasteiger partial charge in [0.25, 0.3) is 0 Å². The number of benzene rings is 1. The molecule has 0 aromatic heterocycles. The molecule has 0 bridgehead atoms. The minimum Gasteiger partial charge on any atom is -0.691 e. The number of hydrogen-bond acceptors (Lipinski definition) is 6. The van der Waals surface area contributed by atoms with Gasteiger partial charge in [0, 0.05) is 4.90 Å². The summed E-state index contributed by atoms with van der Waals surface area (Å²) in [4.78, 5) is 12.5. The quantitative estimate of drug-likeness (QED) is 0.348. The summed E-state index contributed by atoms with van der Waals surface area (Å²) in [5.41, 5.74) is 0.494. The number of carbonyl (C=O) groups is 1. The number of esters is 1. The topological polar surface area (TPSA) is 67.8 Å². The van der Waals surface area contributed by atoms with Gasteiger partial charge in [-0.15, -0.1) is 0 Å². The molecule has 0 radical (unpaired) electrons. The first-order chi connectivity index (χ1) is 9.79. The minimum absolute atomic E-state index is 0.312. The zero-order valence-electron chi connectivity index (χ0n) is 11.1. The van der Waals surface area contributed by atoms with Crippen molar-refractivity contribution in [3.05, 3.63) is 29.8 Å². The van der Waals surface area contributed by atoms with E-state index in [-0.39, 0.29) is 5.97 Å². The smallest absolute Gasteiger partial charge is 0.338 e. The molecule has 6 heteroatoms. The van der Waals surface area contributed by atoms with Gasteiger partial charge < -0.3 is 9.99 Å². The Kier molecular flexibility index (Phi) is 6.32. The molecule has 1 aliphatic carbocycles. The molecule has 110 valence electrons. The standard InChI is InChI=1S/C14H18O5S/c15-14(17-10-11-4-2-1-3-5-11)12-6-8-13(9-7-12)20-19-18-16/h6-9,11,16H,1-5,10H2/p-1. The lowest BCUT2D eigenvalue weighted by Gasteiger charge is -2.21. The van der Waals surface area contributed by atoms with Crippen molar-refractivity contribution in [3.63, 3.8) is 0 Å². The Balaban J connectivity index is 1.79. The molecule has 1 aromatic carbocycles. The van der Waals surface area contributed by atoms with E-state index in [1.807, 2.05) is 0 Å². The maximum absolute atomic E-state index is 11.9.